The number of hydrogen-bond acceptors (Lipinski definition) is 5. The summed E-state index contributed by atoms with van der Waals surface area (Å²) in [5, 5.41) is 16.0. The van der Waals surface area contributed by atoms with Crippen LogP contribution in [0.2, 0.25) is 0 Å². The van der Waals surface area contributed by atoms with E-state index < -0.39 is 11.9 Å². The number of nitrogens with one attached hydrogen (secondary N) is 2. The molecule has 0 aliphatic rings. The number of rotatable bonds is 4. The van der Waals surface area contributed by atoms with Gasteiger partial charge in [-0.25, -0.2) is 9.18 Å². The van der Waals surface area contributed by atoms with Gasteiger partial charge in [-0.3, -0.25) is 10.1 Å². The summed E-state index contributed by atoms with van der Waals surface area (Å²) in [6.07, 6.45) is 0. The van der Waals surface area contributed by atoms with Crippen molar-refractivity contribution in [3.8, 4) is 11.4 Å². The predicted octanol–water partition coefficient (Wildman–Crippen LogP) is 0.325. The van der Waals surface area contributed by atoms with Gasteiger partial charge in [-0.15, -0.1) is 10.2 Å². The lowest BCUT2D eigenvalue weighted by Crippen LogP contribution is -2.41. The second-order valence-electron chi connectivity index (χ2n) is 4.06. The van der Waals surface area contributed by atoms with E-state index in [0.29, 0.717) is 12.1 Å². The normalized spacial score (nSPS) is 10.2. The monoisotopic (exact) mass is 292 g/mol. The number of halogens is 1. The summed E-state index contributed by atoms with van der Waals surface area (Å²) in [7, 11) is 0. The fourth-order valence-electron chi connectivity index (χ4n) is 1.52. The third kappa shape index (κ3) is 4.06. The van der Waals surface area contributed by atoms with E-state index >= 15 is 0 Å². The van der Waals surface area contributed by atoms with Crippen molar-refractivity contribution in [1.82, 2.24) is 30.8 Å². The number of aromatic nitrogens is 4. The number of amides is 3. The van der Waals surface area contributed by atoms with Crippen LogP contribution in [0, 0.1) is 5.82 Å². The van der Waals surface area contributed by atoms with Crippen molar-refractivity contribution in [3.63, 3.8) is 0 Å². The van der Waals surface area contributed by atoms with Crippen molar-refractivity contribution in [2.75, 3.05) is 6.54 Å². The molecule has 0 unspecified atom stereocenters. The number of carbonyl (C=O) groups excluding carboxylic acids is 2. The lowest BCUT2D eigenvalue weighted by Gasteiger charge is -2.03. The Morgan fingerprint density at radius 1 is 1.29 bits per heavy atom. The van der Waals surface area contributed by atoms with Gasteiger partial charge in [0.2, 0.25) is 5.82 Å². The number of nitrogens with zero attached hydrogens (tertiary/aromatic N) is 4. The number of imide groups is 1. The number of tetrazole rings is 1. The summed E-state index contributed by atoms with van der Waals surface area (Å²) in [4.78, 5) is 23.7. The van der Waals surface area contributed by atoms with Crippen LogP contribution in [-0.2, 0) is 11.3 Å². The molecule has 0 atom stereocenters. The maximum absolute atomic E-state index is 12.8. The highest BCUT2D eigenvalue weighted by Gasteiger charge is 2.11. The first-order valence-corrected chi connectivity index (χ1v) is 6.20. The van der Waals surface area contributed by atoms with Crippen LogP contribution in [0.1, 0.15) is 6.92 Å². The molecule has 110 valence electrons. The zero-order chi connectivity index (χ0) is 15.2. The maximum atomic E-state index is 12.8. The topological polar surface area (TPSA) is 102 Å². The lowest BCUT2D eigenvalue weighted by atomic mass is 10.2. The summed E-state index contributed by atoms with van der Waals surface area (Å²) < 4.78 is 12.8. The van der Waals surface area contributed by atoms with E-state index in [1.807, 2.05) is 0 Å². The highest BCUT2D eigenvalue weighted by Crippen LogP contribution is 2.13. The van der Waals surface area contributed by atoms with Crippen molar-refractivity contribution < 1.29 is 14.0 Å². The van der Waals surface area contributed by atoms with Crippen molar-refractivity contribution in [1.29, 1.82) is 0 Å². The standard InChI is InChI=1S/C12H13FN6O2/c1-2-14-12(21)15-10(20)7-19-17-11(16-18-19)8-3-5-9(13)6-4-8/h3-6H,2,7H2,1H3,(H2,14,15,20,21). The third-order valence-corrected chi connectivity index (χ3v) is 2.43. The average Bonchev–Trinajstić information content (AvgIpc) is 2.88. The molecule has 21 heavy (non-hydrogen) atoms. The summed E-state index contributed by atoms with van der Waals surface area (Å²) >= 11 is 0. The largest absolute Gasteiger partial charge is 0.338 e. The summed E-state index contributed by atoms with van der Waals surface area (Å²) in [6, 6.07) is 4.98. The molecule has 2 rings (SSSR count). The van der Waals surface area contributed by atoms with Gasteiger partial charge in [-0.05, 0) is 36.4 Å². The Morgan fingerprint density at radius 3 is 2.67 bits per heavy atom. The van der Waals surface area contributed by atoms with E-state index in [2.05, 4.69) is 26.0 Å². The SMILES string of the molecule is CCNC(=O)NC(=O)Cn1nnc(-c2ccc(F)cc2)n1. The van der Waals surface area contributed by atoms with Crippen molar-refractivity contribution in [3.05, 3.63) is 30.1 Å². The molecule has 0 radical (unpaired) electrons. The summed E-state index contributed by atoms with van der Waals surface area (Å²) in [6.45, 7) is 1.90. The minimum Gasteiger partial charge on any atom is -0.338 e. The number of hydrogen-bond donors (Lipinski definition) is 2. The Kier molecular flexibility index (Phi) is 4.54. The first-order valence-electron chi connectivity index (χ1n) is 6.20. The first-order chi connectivity index (χ1) is 10.1. The van der Waals surface area contributed by atoms with Gasteiger partial charge in [-0.1, -0.05) is 0 Å². The Balaban J connectivity index is 1.98. The number of carbonyl (C=O) groups is 2. The van der Waals surface area contributed by atoms with Gasteiger partial charge in [-0.2, -0.15) is 4.80 Å². The fraction of sp³-hybridized carbons (Fsp3) is 0.250. The van der Waals surface area contributed by atoms with Crippen LogP contribution >= 0.6 is 0 Å². The molecule has 0 bridgehead atoms. The molecule has 2 N–H and O–H groups in total. The lowest BCUT2D eigenvalue weighted by molar-refractivity contribution is -0.121. The molecule has 0 spiro atoms. The van der Waals surface area contributed by atoms with Gasteiger partial charge in [0.25, 0.3) is 5.91 Å². The molecule has 1 aromatic heterocycles. The second-order valence-corrected chi connectivity index (χ2v) is 4.06. The average molecular weight is 292 g/mol. The zero-order valence-corrected chi connectivity index (χ0v) is 11.2. The molecular weight excluding hydrogens is 279 g/mol. The van der Waals surface area contributed by atoms with Crippen molar-refractivity contribution in [2.45, 2.75) is 13.5 Å². The molecule has 9 heteroatoms. The molecule has 0 aliphatic carbocycles. The minimum atomic E-state index is -0.582. The van der Waals surface area contributed by atoms with E-state index in [1.165, 1.54) is 24.3 Å². The maximum Gasteiger partial charge on any atom is 0.321 e. The molecule has 1 aromatic carbocycles. The Hall–Kier alpha value is -2.84. The Bertz CT molecular complexity index is 639. The molecule has 2 aromatic rings. The highest BCUT2D eigenvalue weighted by atomic mass is 19.1. The van der Waals surface area contributed by atoms with Crippen LogP contribution < -0.4 is 10.6 Å². The van der Waals surface area contributed by atoms with E-state index in [9.17, 15) is 14.0 Å². The minimum absolute atomic E-state index is 0.245. The molecule has 3 amide bonds. The fourth-order valence-corrected chi connectivity index (χ4v) is 1.52. The molecule has 0 saturated carbocycles. The highest BCUT2D eigenvalue weighted by molar-refractivity contribution is 5.94. The van der Waals surface area contributed by atoms with Gasteiger partial charge in [0.05, 0.1) is 0 Å². The molecule has 0 saturated heterocycles. The van der Waals surface area contributed by atoms with E-state index in [1.54, 1.807) is 6.92 Å². The van der Waals surface area contributed by atoms with Crippen LogP contribution in [0.15, 0.2) is 24.3 Å². The molecule has 8 nitrogen and oxygen atoms in total. The zero-order valence-electron chi connectivity index (χ0n) is 11.2. The summed E-state index contributed by atoms with van der Waals surface area (Å²) in [5.74, 6) is -0.669. The molecular formula is C12H13FN6O2. The molecule has 1 heterocycles. The van der Waals surface area contributed by atoms with Gasteiger partial charge >= 0.3 is 6.03 Å². The third-order valence-electron chi connectivity index (χ3n) is 2.43. The van der Waals surface area contributed by atoms with E-state index in [4.69, 9.17) is 0 Å². The quantitative estimate of drug-likeness (QED) is 0.845. The van der Waals surface area contributed by atoms with Gasteiger partial charge in [0.1, 0.15) is 12.4 Å². The van der Waals surface area contributed by atoms with Gasteiger partial charge in [0.15, 0.2) is 0 Å². The van der Waals surface area contributed by atoms with Crippen LogP contribution in [0.25, 0.3) is 11.4 Å². The summed E-state index contributed by atoms with van der Waals surface area (Å²) in [5.41, 5.74) is 0.576. The van der Waals surface area contributed by atoms with E-state index in [-0.39, 0.29) is 18.2 Å². The Morgan fingerprint density at radius 2 is 2.00 bits per heavy atom. The Labute approximate surface area is 119 Å². The van der Waals surface area contributed by atoms with E-state index in [0.717, 1.165) is 4.80 Å². The van der Waals surface area contributed by atoms with Crippen molar-refractivity contribution >= 4 is 11.9 Å². The van der Waals surface area contributed by atoms with Gasteiger partial charge in [0, 0.05) is 12.1 Å². The van der Waals surface area contributed by atoms with Crippen LogP contribution in [0.5, 0.6) is 0 Å². The molecule has 0 aliphatic heterocycles. The number of benzene rings is 1. The first kappa shape index (κ1) is 14.6. The second kappa shape index (κ2) is 6.55. The smallest absolute Gasteiger partial charge is 0.321 e. The van der Waals surface area contributed by atoms with Crippen LogP contribution in [0.4, 0.5) is 9.18 Å². The van der Waals surface area contributed by atoms with Gasteiger partial charge < -0.3 is 5.32 Å². The van der Waals surface area contributed by atoms with Crippen molar-refractivity contribution in [2.24, 2.45) is 0 Å². The van der Waals surface area contributed by atoms with Crippen LogP contribution in [-0.4, -0.2) is 38.7 Å². The molecule has 0 fully saturated rings. The predicted molar refractivity (Wildman–Crippen MR) is 70.4 cm³/mol. The number of urea groups is 1. The van der Waals surface area contributed by atoms with Crippen LogP contribution in [0.3, 0.4) is 0 Å².